The molecule has 0 aliphatic carbocycles. The zero-order chi connectivity index (χ0) is 15.5. The summed E-state index contributed by atoms with van der Waals surface area (Å²) < 4.78 is 0. The molecule has 1 aromatic heterocycles. The quantitative estimate of drug-likeness (QED) is 0.872. The van der Waals surface area contributed by atoms with Gasteiger partial charge in [-0.05, 0) is 45.3 Å². The van der Waals surface area contributed by atoms with Crippen molar-refractivity contribution in [1.29, 1.82) is 0 Å². The number of hydrogen-bond donors (Lipinski definition) is 1. The summed E-state index contributed by atoms with van der Waals surface area (Å²) in [6.07, 6.45) is 5.28. The molecule has 0 aromatic carbocycles. The summed E-state index contributed by atoms with van der Waals surface area (Å²) in [5.74, 6) is 1.72. The molecule has 2 N–H and O–H groups in total. The Labute approximate surface area is 132 Å². The van der Waals surface area contributed by atoms with Crippen molar-refractivity contribution in [3.05, 3.63) is 5.82 Å². The van der Waals surface area contributed by atoms with Gasteiger partial charge >= 0.3 is 0 Å². The molecule has 7 nitrogen and oxygen atoms in total. The van der Waals surface area contributed by atoms with Crippen LogP contribution in [0.25, 0.3) is 0 Å². The van der Waals surface area contributed by atoms with E-state index in [1.54, 1.807) is 0 Å². The van der Waals surface area contributed by atoms with Gasteiger partial charge in [-0.15, -0.1) is 0 Å². The van der Waals surface area contributed by atoms with Gasteiger partial charge in [-0.2, -0.15) is 15.0 Å². The molecule has 2 fully saturated rings. The van der Waals surface area contributed by atoms with Crippen LogP contribution in [0.4, 0.5) is 11.9 Å². The van der Waals surface area contributed by atoms with E-state index in [0.29, 0.717) is 17.9 Å². The predicted molar refractivity (Wildman–Crippen MR) is 87.7 cm³/mol. The summed E-state index contributed by atoms with van der Waals surface area (Å²) in [5, 5.41) is 0. The number of hydrogen-bond acceptors (Lipinski definition) is 7. The summed E-state index contributed by atoms with van der Waals surface area (Å²) in [4.78, 5) is 20.0. The number of nitrogen functional groups attached to an aromatic ring is 1. The molecule has 1 atom stereocenters. The minimum atomic E-state index is 0.307. The first-order valence-corrected chi connectivity index (χ1v) is 8.26. The van der Waals surface area contributed by atoms with Crippen LogP contribution in [0.5, 0.6) is 0 Å². The van der Waals surface area contributed by atoms with Gasteiger partial charge in [0.05, 0.1) is 6.54 Å². The second-order valence-corrected chi connectivity index (χ2v) is 6.58. The first kappa shape index (κ1) is 15.4. The zero-order valence-corrected chi connectivity index (χ0v) is 13.7. The molecule has 0 bridgehead atoms. The smallest absolute Gasteiger partial charge is 0.229 e. The number of anilines is 2. The Morgan fingerprint density at radius 2 is 1.86 bits per heavy atom. The van der Waals surface area contributed by atoms with Crippen LogP contribution in [0.1, 0.15) is 31.5 Å². The molecule has 0 amide bonds. The van der Waals surface area contributed by atoms with Crippen molar-refractivity contribution in [2.75, 3.05) is 50.9 Å². The van der Waals surface area contributed by atoms with Crippen molar-refractivity contribution >= 4 is 11.9 Å². The highest BCUT2D eigenvalue weighted by Crippen LogP contribution is 2.21. The van der Waals surface area contributed by atoms with Gasteiger partial charge in [-0.3, -0.25) is 9.80 Å². The monoisotopic (exact) mass is 305 g/mol. The second-order valence-electron chi connectivity index (χ2n) is 6.58. The third kappa shape index (κ3) is 3.64. The Kier molecular flexibility index (Phi) is 4.73. The van der Waals surface area contributed by atoms with E-state index in [9.17, 15) is 0 Å². The number of aromatic nitrogens is 3. The third-order valence-electron chi connectivity index (χ3n) is 4.59. The standard InChI is InChI=1S/C15H27N7/c1-20(2)15-18-13(17-14(16)19-15)11-21-7-5-6-12(10-21)22-8-3-4-9-22/h12H,3-11H2,1-2H3,(H2,16,17,18,19)/t12-/m1/s1. The molecule has 0 spiro atoms. The van der Waals surface area contributed by atoms with Gasteiger partial charge in [0.2, 0.25) is 11.9 Å². The van der Waals surface area contributed by atoms with Gasteiger partial charge in [-0.1, -0.05) is 0 Å². The fourth-order valence-corrected chi connectivity index (χ4v) is 3.48. The Bertz CT molecular complexity index is 499. The van der Waals surface area contributed by atoms with E-state index in [4.69, 9.17) is 5.73 Å². The van der Waals surface area contributed by atoms with Gasteiger partial charge in [0, 0.05) is 26.7 Å². The van der Waals surface area contributed by atoms with E-state index in [0.717, 1.165) is 25.5 Å². The van der Waals surface area contributed by atoms with Gasteiger partial charge in [0.15, 0.2) is 0 Å². The average Bonchev–Trinajstić information content (AvgIpc) is 3.01. The number of piperidine rings is 1. The fraction of sp³-hybridized carbons (Fsp3) is 0.800. The highest BCUT2D eigenvalue weighted by atomic mass is 15.3. The first-order valence-electron chi connectivity index (χ1n) is 8.26. The van der Waals surface area contributed by atoms with Gasteiger partial charge in [0.1, 0.15) is 5.82 Å². The first-order chi connectivity index (χ1) is 10.6. The number of nitrogens with zero attached hydrogens (tertiary/aromatic N) is 6. The highest BCUT2D eigenvalue weighted by Gasteiger charge is 2.27. The maximum absolute atomic E-state index is 5.81. The van der Waals surface area contributed by atoms with Gasteiger partial charge < -0.3 is 10.6 Å². The lowest BCUT2D eigenvalue weighted by atomic mass is 10.0. The van der Waals surface area contributed by atoms with Crippen LogP contribution in [0.3, 0.4) is 0 Å². The maximum Gasteiger partial charge on any atom is 0.229 e. The van der Waals surface area contributed by atoms with Crippen molar-refractivity contribution in [1.82, 2.24) is 24.8 Å². The molecule has 0 radical (unpaired) electrons. The Hall–Kier alpha value is -1.47. The summed E-state index contributed by atoms with van der Waals surface area (Å²) in [5.41, 5.74) is 5.81. The molecule has 2 aliphatic heterocycles. The van der Waals surface area contributed by atoms with E-state index >= 15 is 0 Å². The van der Waals surface area contributed by atoms with Crippen LogP contribution >= 0.6 is 0 Å². The molecule has 7 heteroatoms. The lowest BCUT2D eigenvalue weighted by molar-refractivity contribution is 0.109. The predicted octanol–water partition coefficient (Wildman–Crippen LogP) is 0.580. The molecule has 2 saturated heterocycles. The Morgan fingerprint density at radius 3 is 2.59 bits per heavy atom. The molecule has 2 aliphatic rings. The molecule has 122 valence electrons. The average molecular weight is 305 g/mol. The van der Waals surface area contributed by atoms with E-state index in [-0.39, 0.29) is 0 Å². The summed E-state index contributed by atoms with van der Waals surface area (Å²) in [6, 6.07) is 0.698. The largest absolute Gasteiger partial charge is 0.368 e. The zero-order valence-electron chi connectivity index (χ0n) is 13.7. The maximum atomic E-state index is 5.81. The lowest BCUT2D eigenvalue weighted by Crippen LogP contribution is -2.46. The molecule has 1 aromatic rings. The molecular formula is C15H27N7. The van der Waals surface area contributed by atoms with Crippen molar-refractivity contribution in [3.8, 4) is 0 Å². The van der Waals surface area contributed by atoms with Crippen molar-refractivity contribution in [2.45, 2.75) is 38.3 Å². The minimum Gasteiger partial charge on any atom is -0.368 e. The normalized spacial score (nSPS) is 23.8. The second kappa shape index (κ2) is 6.75. The van der Waals surface area contributed by atoms with Crippen LogP contribution in [-0.2, 0) is 6.54 Å². The molecule has 0 unspecified atom stereocenters. The topological polar surface area (TPSA) is 74.4 Å². The lowest BCUT2D eigenvalue weighted by Gasteiger charge is -2.37. The molecular weight excluding hydrogens is 278 g/mol. The SMILES string of the molecule is CN(C)c1nc(N)nc(CN2CCC[C@@H](N3CCCC3)C2)n1. The van der Waals surface area contributed by atoms with Crippen molar-refractivity contribution in [2.24, 2.45) is 0 Å². The van der Waals surface area contributed by atoms with Gasteiger partial charge in [0.25, 0.3) is 0 Å². The van der Waals surface area contributed by atoms with Crippen LogP contribution < -0.4 is 10.6 Å². The summed E-state index contributed by atoms with van der Waals surface area (Å²) >= 11 is 0. The van der Waals surface area contributed by atoms with Crippen LogP contribution in [-0.4, -0.2) is 71.1 Å². The number of nitrogens with two attached hydrogens (primary N) is 1. The molecule has 0 saturated carbocycles. The highest BCUT2D eigenvalue weighted by molar-refractivity contribution is 5.32. The number of rotatable bonds is 4. The van der Waals surface area contributed by atoms with Crippen molar-refractivity contribution < 1.29 is 0 Å². The fourth-order valence-electron chi connectivity index (χ4n) is 3.48. The minimum absolute atomic E-state index is 0.307. The van der Waals surface area contributed by atoms with E-state index in [1.807, 2.05) is 19.0 Å². The van der Waals surface area contributed by atoms with Crippen LogP contribution in [0.15, 0.2) is 0 Å². The van der Waals surface area contributed by atoms with E-state index in [1.165, 1.54) is 38.8 Å². The Morgan fingerprint density at radius 1 is 1.09 bits per heavy atom. The van der Waals surface area contributed by atoms with E-state index in [2.05, 4.69) is 24.8 Å². The third-order valence-corrected chi connectivity index (χ3v) is 4.59. The van der Waals surface area contributed by atoms with Crippen molar-refractivity contribution in [3.63, 3.8) is 0 Å². The molecule has 3 heterocycles. The van der Waals surface area contributed by atoms with Crippen LogP contribution in [0.2, 0.25) is 0 Å². The molecule has 22 heavy (non-hydrogen) atoms. The summed E-state index contributed by atoms with van der Waals surface area (Å²) in [7, 11) is 3.84. The van der Waals surface area contributed by atoms with Crippen LogP contribution in [0, 0.1) is 0 Å². The number of likely N-dealkylation sites (tertiary alicyclic amines) is 2. The summed E-state index contributed by atoms with van der Waals surface area (Å²) in [6.45, 7) is 5.53. The Balaban J connectivity index is 1.64. The van der Waals surface area contributed by atoms with Gasteiger partial charge in [-0.25, -0.2) is 0 Å². The van der Waals surface area contributed by atoms with E-state index < -0.39 is 0 Å². The molecule has 3 rings (SSSR count).